The van der Waals surface area contributed by atoms with Gasteiger partial charge in [0.15, 0.2) is 0 Å². The van der Waals surface area contributed by atoms with Crippen LogP contribution in [0.25, 0.3) is 0 Å². The lowest BCUT2D eigenvalue weighted by Crippen LogP contribution is -2.60. The Bertz CT molecular complexity index is 1460. The van der Waals surface area contributed by atoms with Crippen LogP contribution in [0.4, 0.5) is 0 Å². The molecule has 316 valence electrons. The van der Waals surface area contributed by atoms with Gasteiger partial charge in [-0.3, -0.25) is 33.6 Å². The molecule has 1 rings (SSSR count). The fourth-order valence-corrected chi connectivity index (χ4v) is 6.21. The van der Waals surface area contributed by atoms with Crippen molar-refractivity contribution in [2.45, 2.75) is 151 Å². The van der Waals surface area contributed by atoms with Gasteiger partial charge in [-0.05, 0) is 79.4 Å². The number of hydrogen-bond acceptors (Lipinski definition) is 8. The molecule has 7 amide bonds. The minimum absolute atomic E-state index is 0.00564. The van der Waals surface area contributed by atoms with Crippen molar-refractivity contribution in [3.05, 3.63) is 29.8 Å². The molecule has 15 heteroatoms. The van der Waals surface area contributed by atoms with Crippen molar-refractivity contribution in [1.82, 2.24) is 31.9 Å². The molecule has 6 atom stereocenters. The van der Waals surface area contributed by atoms with E-state index >= 15 is 0 Å². The first-order valence-corrected chi connectivity index (χ1v) is 19.8. The molecule has 0 heterocycles. The van der Waals surface area contributed by atoms with Crippen molar-refractivity contribution < 1.29 is 38.7 Å². The summed E-state index contributed by atoms with van der Waals surface area (Å²) in [5.41, 5.74) is 6.28. The number of benzene rings is 1. The molecule has 1 aromatic carbocycles. The molecule has 0 aliphatic heterocycles. The zero-order chi connectivity index (χ0) is 42.9. The van der Waals surface area contributed by atoms with Crippen molar-refractivity contribution in [1.29, 1.82) is 0 Å². The number of nitrogens with one attached hydrogen (secondary N) is 6. The van der Waals surface area contributed by atoms with Gasteiger partial charge < -0.3 is 42.7 Å². The highest BCUT2D eigenvalue weighted by molar-refractivity contribution is 5.97. The number of carbonyl (C=O) groups excluding carboxylic acids is 7. The Morgan fingerprint density at radius 3 is 0.946 bits per heavy atom. The summed E-state index contributed by atoms with van der Waals surface area (Å²) in [6.45, 7) is 20.2. The van der Waals surface area contributed by atoms with E-state index in [9.17, 15) is 38.7 Å². The summed E-state index contributed by atoms with van der Waals surface area (Å²) in [7, 11) is 0. The van der Waals surface area contributed by atoms with Crippen molar-refractivity contribution in [2.24, 2.45) is 35.3 Å². The standard InChI is InChI=1S/C41H69N7O8/c1-22(2)16-31(43-27(11)49)37(52)45-33(18-24(5)6)39(54)47-35(20-26(9)10)41(56)48-34(19-25(7)8)40(55)46-32(17-23(3)4)38(53)44-30(36(42)51)21-28-12-14-29(50)15-13-28/h12-15,22-26,30-35,50H,16-21H2,1-11H3,(H2,42,51)(H,43,49)(H,44,53)(H,45,52)(H,46,55)(H,47,54)(H,48,56). The lowest BCUT2D eigenvalue weighted by Gasteiger charge is -2.29. The zero-order valence-corrected chi connectivity index (χ0v) is 35.3. The van der Waals surface area contributed by atoms with Crippen LogP contribution in [0.1, 0.15) is 114 Å². The van der Waals surface area contributed by atoms with Crippen LogP contribution in [0.3, 0.4) is 0 Å². The molecule has 0 saturated heterocycles. The molecule has 0 spiro atoms. The van der Waals surface area contributed by atoms with Crippen LogP contribution < -0.4 is 37.6 Å². The molecule has 1 aromatic rings. The first-order chi connectivity index (χ1) is 26.0. The molecule has 15 nitrogen and oxygen atoms in total. The molecule has 0 bridgehead atoms. The number of phenols is 1. The minimum Gasteiger partial charge on any atom is -0.508 e. The van der Waals surface area contributed by atoms with Crippen LogP contribution in [0.15, 0.2) is 24.3 Å². The summed E-state index contributed by atoms with van der Waals surface area (Å²) in [6, 6.07) is -0.0319. The molecule has 6 unspecified atom stereocenters. The third kappa shape index (κ3) is 19.3. The van der Waals surface area contributed by atoms with Crippen molar-refractivity contribution in [3.8, 4) is 5.75 Å². The van der Waals surface area contributed by atoms with Crippen LogP contribution in [-0.2, 0) is 40.0 Å². The van der Waals surface area contributed by atoms with E-state index in [0.717, 1.165) is 0 Å². The van der Waals surface area contributed by atoms with Gasteiger partial charge in [0.1, 0.15) is 42.0 Å². The SMILES string of the molecule is CC(=O)NC(CC(C)C)C(=O)NC(CC(C)C)C(=O)NC(CC(C)C)C(=O)NC(CC(C)C)C(=O)NC(CC(C)C)C(=O)NC(Cc1ccc(O)cc1)C(N)=O. The lowest BCUT2D eigenvalue weighted by atomic mass is 9.97. The van der Waals surface area contributed by atoms with Gasteiger partial charge in [-0.15, -0.1) is 0 Å². The third-order valence-electron chi connectivity index (χ3n) is 8.80. The summed E-state index contributed by atoms with van der Waals surface area (Å²) in [6.07, 6.45) is 1.36. The van der Waals surface area contributed by atoms with E-state index in [2.05, 4.69) is 31.9 Å². The number of carbonyl (C=O) groups is 7. The average Bonchev–Trinajstić information content (AvgIpc) is 3.05. The second-order valence-electron chi connectivity index (χ2n) is 17.0. The predicted octanol–water partition coefficient (Wildman–Crippen LogP) is 2.58. The Morgan fingerprint density at radius 2 is 0.714 bits per heavy atom. The zero-order valence-electron chi connectivity index (χ0n) is 35.3. The van der Waals surface area contributed by atoms with Crippen molar-refractivity contribution in [2.75, 3.05) is 0 Å². The first kappa shape index (κ1) is 49.3. The Balaban J connectivity index is 3.29. The van der Waals surface area contributed by atoms with Crippen LogP contribution >= 0.6 is 0 Å². The molecule has 0 saturated carbocycles. The number of primary amides is 1. The number of phenolic OH excluding ortho intramolecular Hbond substituents is 1. The molecule has 56 heavy (non-hydrogen) atoms. The summed E-state index contributed by atoms with van der Waals surface area (Å²) in [5.74, 6) is -4.09. The summed E-state index contributed by atoms with van der Waals surface area (Å²) >= 11 is 0. The normalized spacial score (nSPS) is 14.7. The van der Waals surface area contributed by atoms with Crippen LogP contribution in [0.2, 0.25) is 0 Å². The molecule has 0 fully saturated rings. The highest BCUT2D eigenvalue weighted by Crippen LogP contribution is 2.15. The Labute approximate surface area is 333 Å². The summed E-state index contributed by atoms with van der Waals surface area (Å²) in [4.78, 5) is 92.8. The van der Waals surface area contributed by atoms with Gasteiger partial charge >= 0.3 is 0 Å². The van der Waals surface area contributed by atoms with Crippen LogP contribution in [0, 0.1) is 29.6 Å². The number of nitrogens with two attached hydrogens (primary N) is 1. The van der Waals surface area contributed by atoms with Crippen molar-refractivity contribution in [3.63, 3.8) is 0 Å². The third-order valence-corrected chi connectivity index (χ3v) is 8.80. The highest BCUT2D eigenvalue weighted by Gasteiger charge is 2.34. The summed E-state index contributed by atoms with van der Waals surface area (Å²) in [5, 5.41) is 26.1. The van der Waals surface area contributed by atoms with Gasteiger partial charge in [0, 0.05) is 13.3 Å². The molecule has 0 radical (unpaired) electrons. The number of amides is 7. The minimum atomic E-state index is -1.10. The van der Waals surface area contributed by atoms with E-state index < -0.39 is 71.7 Å². The Hall–Kier alpha value is -4.69. The van der Waals surface area contributed by atoms with Gasteiger partial charge in [0.05, 0.1) is 0 Å². The fourth-order valence-electron chi connectivity index (χ4n) is 6.21. The van der Waals surface area contributed by atoms with E-state index in [1.165, 1.54) is 19.1 Å². The van der Waals surface area contributed by atoms with Gasteiger partial charge in [0.2, 0.25) is 41.4 Å². The predicted molar refractivity (Wildman–Crippen MR) is 216 cm³/mol. The molecule has 9 N–H and O–H groups in total. The molecule has 0 aliphatic rings. The topological polar surface area (TPSA) is 238 Å². The van der Waals surface area contributed by atoms with Gasteiger partial charge in [-0.25, -0.2) is 0 Å². The Kier molecular flexibility index (Phi) is 21.2. The quantitative estimate of drug-likeness (QED) is 0.0773. The number of rotatable bonds is 24. The fraction of sp³-hybridized carbons (Fsp3) is 0.683. The first-order valence-electron chi connectivity index (χ1n) is 19.8. The second-order valence-corrected chi connectivity index (χ2v) is 17.0. The molecule has 0 aromatic heterocycles. The molecular weight excluding hydrogens is 718 g/mol. The van der Waals surface area contributed by atoms with Gasteiger partial charge in [0.25, 0.3) is 0 Å². The van der Waals surface area contributed by atoms with Crippen molar-refractivity contribution >= 4 is 41.4 Å². The maximum Gasteiger partial charge on any atom is 0.243 e. The largest absolute Gasteiger partial charge is 0.508 e. The maximum absolute atomic E-state index is 14.0. The maximum atomic E-state index is 14.0. The van der Waals surface area contributed by atoms with E-state index in [-0.39, 0.29) is 73.4 Å². The van der Waals surface area contributed by atoms with E-state index in [0.29, 0.717) is 12.0 Å². The number of aromatic hydroxyl groups is 1. The van der Waals surface area contributed by atoms with Crippen LogP contribution in [0.5, 0.6) is 5.75 Å². The average molecular weight is 788 g/mol. The number of hydrogen-bond donors (Lipinski definition) is 8. The molecule has 0 aliphatic carbocycles. The van der Waals surface area contributed by atoms with E-state index in [1.807, 2.05) is 69.2 Å². The van der Waals surface area contributed by atoms with Gasteiger partial charge in [-0.2, -0.15) is 0 Å². The lowest BCUT2D eigenvalue weighted by molar-refractivity contribution is -0.136. The smallest absolute Gasteiger partial charge is 0.243 e. The molecular formula is C41H69N7O8. The highest BCUT2D eigenvalue weighted by atomic mass is 16.3. The van der Waals surface area contributed by atoms with Gasteiger partial charge in [-0.1, -0.05) is 81.4 Å². The summed E-state index contributed by atoms with van der Waals surface area (Å²) < 4.78 is 0. The Morgan fingerprint density at radius 1 is 0.464 bits per heavy atom. The second kappa shape index (κ2) is 24.1. The van der Waals surface area contributed by atoms with E-state index in [1.54, 1.807) is 12.1 Å². The monoisotopic (exact) mass is 788 g/mol. The van der Waals surface area contributed by atoms with E-state index in [4.69, 9.17) is 5.73 Å². The van der Waals surface area contributed by atoms with Crippen LogP contribution in [-0.4, -0.2) is 82.7 Å².